The Labute approximate surface area is 130 Å². The van der Waals surface area contributed by atoms with Crippen molar-refractivity contribution in [2.45, 2.75) is 25.3 Å². The molecule has 0 aliphatic carbocycles. The molecule has 1 atom stereocenters. The number of rotatable bonds is 8. The van der Waals surface area contributed by atoms with Crippen molar-refractivity contribution in [3.63, 3.8) is 0 Å². The number of nitrogens with two attached hydrogens (primary N) is 1. The Morgan fingerprint density at radius 3 is 2.27 bits per heavy atom. The molecule has 0 heterocycles. The molecule has 0 aliphatic rings. The average molecular weight is 299 g/mol. The molecule has 0 spiro atoms. The molecular formula is C18H21NO3. The maximum atomic E-state index is 10.6. The van der Waals surface area contributed by atoms with Gasteiger partial charge in [-0.2, -0.15) is 0 Å². The zero-order chi connectivity index (χ0) is 15.8. The van der Waals surface area contributed by atoms with E-state index in [4.69, 9.17) is 15.6 Å². The Hall–Kier alpha value is -2.33. The van der Waals surface area contributed by atoms with E-state index in [0.29, 0.717) is 13.0 Å². The van der Waals surface area contributed by atoms with Crippen LogP contribution in [0.1, 0.15) is 19.3 Å². The van der Waals surface area contributed by atoms with E-state index >= 15 is 0 Å². The lowest BCUT2D eigenvalue weighted by molar-refractivity contribution is -0.138. The lowest BCUT2D eigenvalue weighted by Crippen LogP contribution is -2.29. The second-order valence-electron chi connectivity index (χ2n) is 5.18. The van der Waals surface area contributed by atoms with Crippen LogP contribution in [0.15, 0.2) is 54.6 Å². The zero-order valence-electron chi connectivity index (χ0n) is 12.4. The highest BCUT2D eigenvalue weighted by molar-refractivity contribution is 5.72. The summed E-state index contributed by atoms with van der Waals surface area (Å²) in [6.45, 7) is 0.566. The third-order valence-electron chi connectivity index (χ3n) is 3.46. The van der Waals surface area contributed by atoms with Gasteiger partial charge in [0.1, 0.15) is 11.8 Å². The molecule has 0 aliphatic heterocycles. The van der Waals surface area contributed by atoms with Gasteiger partial charge in [-0.3, -0.25) is 4.79 Å². The largest absolute Gasteiger partial charge is 0.494 e. The summed E-state index contributed by atoms with van der Waals surface area (Å²) in [5.41, 5.74) is 7.77. The Morgan fingerprint density at radius 1 is 1.00 bits per heavy atom. The number of ether oxygens (including phenoxy) is 1. The number of hydrogen-bond donors (Lipinski definition) is 2. The normalized spacial score (nSPS) is 11.9. The van der Waals surface area contributed by atoms with Crippen molar-refractivity contribution in [1.82, 2.24) is 0 Å². The molecule has 0 saturated heterocycles. The molecule has 2 aromatic carbocycles. The number of carboxylic acid groups (broad SMARTS) is 1. The van der Waals surface area contributed by atoms with Crippen molar-refractivity contribution in [1.29, 1.82) is 0 Å². The van der Waals surface area contributed by atoms with Gasteiger partial charge in [-0.05, 0) is 42.5 Å². The molecule has 22 heavy (non-hydrogen) atoms. The molecule has 2 aromatic rings. The van der Waals surface area contributed by atoms with Crippen LogP contribution in [0.25, 0.3) is 11.1 Å². The van der Waals surface area contributed by atoms with E-state index in [9.17, 15) is 4.79 Å². The van der Waals surface area contributed by atoms with Gasteiger partial charge in [0.2, 0.25) is 0 Å². The monoisotopic (exact) mass is 299 g/mol. The SMILES string of the molecule is NC(CCCCOc1ccc(-c2ccccc2)cc1)C(=O)O. The van der Waals surface area contributed by atoms with Crippen LogP contribution in [0.2, 0.25) is 0 Å². The standard InChI is InChI=1S/C18H21NO3/c19-17(18(20)21)8-4-5-13-22-16-11-9-15(10-12-16)14-6-2-1-3-7-14/h1-3,6-7,9-12,17H,4-5,8,13,19H2,(H,20,21). The van der Waals surface area contributed by atoms with Crippen molar-refractivity contribution in [3.05, 3.63) is 54.6 Å². The summed E-state index contributed by atoms with van der Waals surface area (Å²) in [6.07, 6.45) is 2.02. The maximum Gasteiger partial charge on any atom is 0.320 e. The second kappa shape index (κ2) is 8.20. The smallest absolute Gasteiger partial charge is 0.320 e. The number of unbranched alkanes of at least 4 members (excludes halogenated alkanes) is 1. The molecule has 0 bridgehead atoms. The van der Waals surface area contributed by atoms with E-state index in [1.54, 1.807) is 0 Å². The number of benzene rings is 2. The third kappa shape index (κ3) is 4.90. The van der Waals surface area contributed by atoms with Gasteiger partial charge in [0.05, 0.1) is 6.61 Å². The molecule has 3 N–H and O–H groups in total. The van der Waals surface area contributed by atoms with Crippen LogP contribution in [0, 0.1) is 0 Å². The van der Waals surface area contributed by atoms with Crippen LogP contribution in [0.4, 0.5) is 0 Å². The molecule has 4 nitrogen and oxygen atoms in total. The summed E-state index contributed by atoms with van der Waals surface area (Å²) < 4.78 is 5.65. The van der Waals surface area contributed by atoms with Crippen LogP contribution in [0.5, 0.6) is 5.75 Å². The first kappa shape index (κ1) is 16.0. The fraction of sp³-hybridized carbons (Fsp3) is 0.278. The zero-order valence-corrected chi connectivity index (χ0v) is 12.4. The number of carboxylic acids is 1. The van der Waals surface area contributed by atoms with E-state index in [1.165, 1.54) is 5.56 Å². The van der Waals surface area contributed by atoms with Gasteiger partial charge < -0.3 is 15.6 Å². The molecule has 1 unspecified atom stereocenters. The lowest BCUT2D eigenvalue weighted by atomic mass is 10.1. The molecule has 4 heteroatoms. The van der Waals surface area contributed by atoms with Gasteiger partial charge >= 0.3 is 5.97 Å². The Balaban J connectivity index is 1.74. The molecule has 116 valence electrons. The highest BCUT2D eigenvalue weighted by Crippen LogP contribution is 2.22. The first-order valence-electron chi connectivity index (χ1n) is 7.43. The Morgan fingerprint density at radius 2 is 1.64 bits per heavy atom. The van der Waals surface area contributed by atoms with Crippen molar-refractivity contribution in [2.24, 2.45) is 5.73 Å². The minimum atomic E-state index is -0.947. The van der Waals surface area contributed by atoms with Crippen LogP contribution >= 0.6 is 0 Å². The van der Waals surface area contributed by atoms with Gasteiger partial charge in [-0.15, -0.1) is 0 Å². The van der Waals surface area contributed by atoms with Crippen LogP contribution in [-0.4, -0.2) is 23.7 Å². The molecule has 0 fully saturated rings. The summed E-state index contributed by atoms with van der Waals surface area (Å²) in [4.78, 5) is 10.6. The fourth-order valence-electron chi connectivity index (χ4n) is 2.15. The predicted molar refractivity (Wildman–Crippen MR) is 86.8 cm³/mol. The van der Waals surface area contributed by atoms with E-state index in [-0.39, 0.29) is 0 Å². The van der Waals surface area contributed by atoms with E-state index in [1.807, 2.05) is 42.5 Å². The Bertz CT molecular complexity index is 581. The van der Waals surface area contributed by atoms with Crippen molar-refractivity contribution in [2.75, 3.05) is 6.61 Å². The van der Waals surface area contributed by atoms with Gasteiger partial charge in [-0.25, -0.2) is 0 Å². The number of aliphatic carboxylic acids is 1. The Kier molecular flexibility index (Phi) is 5.98. The lowest BCUT2D eigenvalue weighted by Gasteiger charge is -2.08. The van der Waals surface area contributed by atoms with Gasteiger partial charge in [0, 0.05) is 0 Å². The fourth-order valence-corrected chi connectivity index (χ4v) is 2.15. The average Bonchev–Trinajstić information content (AvgIpc) is 2.55. The van der Waals surface area contributed by atoms with Crippen molar-refractivity contribution in [3.8, 4) is 16.9 Å². The molecule has 2 rings (SSSR count). The molecule has 0 saturated carbocycles. The van der Waals surface area contributed by atoms with Gasteiger partial charge in [-0.1, -0.05) is 42.5 Å². The summed E-state index contributed by atoms with van der Waals surface area (Å²) >= 11 is 0. The maximum absolute atomic E-state index is 10.6. The van der Waals surface area contributed by atoms with Crippen LogP contribution < -0.4 is 10.5 Å². The van der Waals surface area contributed by atoms with Crippen LogP contribution in [-0.2, 0) is 4.79 Å². The summed E-state index contributed by atoms with van der Waals surface area (Å²) in [6, 6.07) is 17.4. The predicted octanol–water partition coefficient (Wildman–Crippen LogP) is 3.31. The van der Waals surface area contributed by atoms with E-state index in [2.05, 4.69) is 12.1 Å². The molecule has 0 radical (unpaired) electrons. The minimum absolute atomic E-state index is 0.478. The van der Waals surface area contributed by atoms with Gasteiger partial charge in [0.25, 0.3) is 0 Å². The van der Waals surface area contributed by atoms with Crippen molar-refractivity contribution < 1.29 is 14.6 Å². The summed E-state index contributed by atoms with van der Waals surface area (Å²) in [5.74, 6) is -0.125. The van der Waals surface area contributed by atoms with Gasteiger partial charge in [0.15, 0.2) is 0 Å². The van der Waals surface area contributed by atoms with E-state index < -0.39 is 12.0 Å². The minimum Gasteiger partial charge on any atom is -0.494 e. The highest BCUT2D eigenvalue weighted by Gasteiger charge is 2.09. The van der Waals surface area contributed by atoms with Crippen LogP contribution in [0.3, 0.4) is 0 Å². The van der Waals surface area contributed by atoms with Crippen molar-refractivity contribution >= 4 is 5.97 Å². The third-order valence-corrected chi connectivity index (χ3v) is 3.46. The quantitative estimate of drug-likeness (QED) is 0.733. The molecule has 0 aromatic heterocycles. The summed E-state index contributed by atoms with van der Waals surface area (Å²) in [5, 5.41) is 8.68. The number of carbonyl (C=O) groups is 1. The first-order valence-corrected chi connectivity index (χ1v) is 7.43. The first-order chi connectivity index (χ1) is 10.7. The highest BCUT2D eigenvalue weighted by atomic mass is 16.5. The number of hydrogen-bond acceptors (Lipinski definition) is 3. The molecular weight excluding hydrogens is 278 g/mol. The van der Waals surface area contributed by atoms with E-state index in [0.717, 1.165) is 24.2 Å². The molecule has 0 amide bonds. The topological polar surface area (TPSA) is 72.5 Å². The summed E-state index contributed by atoms with van der Waals surface area (Å²) in [7, 11) is 0. The second-order valence-corrected chi connectivity index (χ2v) is 5.18.